The molecule has 2 aromatic carbocycles. The molecule has 5 aromatic rings. The van der Waals surface area contributed by atoms with Crippen LogP contribution in [0.25, 0.3) is 21.6 Å². The summed E-state index contributed by atoms with van der Waals surface area (Å²) in [6, 6.07) is 16.9. The van der Waals surface area contributed by atoms with Crippen molar-refractivity contribution in [2.45, 2.75) is 26.9 Å². The standard InChI is InChI=1S/C25H22N4O4S/c1-3-32-19-6-4-5-17(13-19)14-29-24(30)22-20(11-12-34-22)28(25(29)31)15-21-26-23(27-33-21)18-9-7-16(2)8-10-18/h4-13H,3,14-15H2,1-2H3. The van der Waals surface area contributed by atoms with Gasteiger partial charge in [0.1, 0.15) is 17.0 Å². The Balaban J connectivity index is 1.53. The van der Waals surface area contributed by atoms with Crippen LogP contribution in [0.3, 0.4) is 0 Å². The largest absolute Gasteiger partial charge is 0.494 e. The van der Waals surface area contributed by atoms with Crippen molar-refractivity contribution in [1.29, 1.82) is 0 Å². The van der Waals surface area contributed by atoms with Gasteiger partial charge in [-0.2, -0.15) is 4.98 Å². The molecule has 5 rings (SSSR count). The van der Waals surface area contributed by atoms with Crippen LogP contribution in [0.1, 0.15) is 23.9 Å². The molecular formula is C25H22N4O4S. The van der Waals surface area contributed by atoms with Gasteiger partial charge in [-0.1, -0.05) is 47.1 Å². The number of benzene rings is 2. The summed E-state index contributed by atoms with van der Waals surface area (Å²) in [5.74, 6) is 1.43. The summed E-state index contributed by atoms with van der Waals surface area (Å²) >= 11 is 1.30. The third-order valence-electron chi connectivity index (χ3n) is 5.46. The van der Waals surface area contributed by atoms with Crippen molar-refractivity contribution >= 4 is 21.6 Å². The summed E-state index contributed by atoms with van der Waals surface area (Å²) < 4.78 is 14.2. The molecule has 3 aromatic heterocycles. The molecule has 0 aliphatic carbocycles. The molecule has 8 nitrogen and oxygen atoms in total. The van der Waals surface area contributed by atoms with E-state index in [0.29, 0.717) is 28.4 Å². The van der Waals surface area contributed by atoms with Crippen LogP contribution in [0, 0.1) is 6.92 Å². The minimum Gasteiger partial charge on any atom is -0.494 e. The maximum absolute atomic E-state index is 13.4. The highest BCUT2D eigenvalue weighted by Gasteiger charge is 2.18. The summed E-state index contributed by atoms with van der Waals surface area (Å²) in [6.45, 7) is 4.63. The Morgan fingerprint density at radius 3 is 2.65 bits per heavy atom. The van der Waals surface area contributed by atoms with Crippen LogP contribution in [0.5, 0.6) is 5.75 Å². The molecule has 0 aliphatic heterocycles. The Morgan fingerprint density at radius 1 is 1.03 bits per heavy atom. The molecule has 0 saturated carbocycles. The fourth-order valence-electron chi connectivity index (χ4n) is 3.78. The molecule has 34 heavy (non-hydrogen) atoms. The monoisotopic (exact) mass is 474 g/mol. The maximum Gasteiger partial charge on any atom is 0.332 e. The lowest BCUT2D eigenvalue weighted by atomic mass is 10.1. The molecule has 0 N–H and O–H groups in total. The van der Waals surface area contributed by atoms with Gasteiger partial charge in [-0.05, 0) is 43.0 Å². The number of aromatic nitrogens is 4. The van der Waals surface area contributed by atoms with Crippen LogP contribution in [0.15, 0.2) is 74.1 Å². The van der Waals surface area contributed by atoms with Crippen molar-refractivity contribution < 1.29 is 9.26 Å². The second-order valence-corrected chi connectivity index (χ2v) is 8.77. The molecule has 0 spiro atoms. The zero-order chi connectivity index (χ0) is 23.7. The van der Waals surface area contributed by atoms with Gasteiger partial charge < -0.3 is 9.26 Å². The molecule has 0 saturated heterocycles. The molecule has 3 heterocycles. The van der Waals surface area contributed by atoms with Crippen molar-refractivity contribution in [3.63, 3.8) is 0 Å². The zero-order valence-corrected chi connectivity index (χ0v) is 19.5. The number of thiophene rings is 1. The van der Waals surface area contributed by atoms with E-state index in [4.69, 9.17) is 9.26 Å². The van der Waals surface area contributed by atoms with Crippen molar-refractivity contribution in [2.24, 2.45) is 0 Å². The number of hydrogen-bond acceptors (Lipinski definition) is 7. The summed E-state index contributed by atoms with van der Waals surface area (Å²) in [6.07, 6.45) is 0. The summed E-state index contributed by atoms with van der Waals surface area (Å²) in [5.41, 5.74) is 2.55. The first kappa shape index (κ1) is 21.8. The van der Waals surface area contributed by atoms with E-state index < -0.39 is 5.69 Å². The van der Waals surface area contributed by atoms with Crippen LogP contribution >= 0.6 is 11.3 Å². The van der Waals surface area contributed by atoms with E-state index in [9.17, 15) is 9.59 Å². The van der Waals surface area contributed by atoms with Crippen molar-refractivity contribution in [3.8, 4) is 17.1 Å². The number of rotatable bonds is 7. The van der Waals surface area contributed by atoms with Gasteiger partial charge in [0.2, 0.25) is 11.7 Å². The Labute approximate surface area is 198 Å². The van der Waals surface area contributed by atoms with E-state index in [-0.39, 0.29) is 24.5 Å². The minimum absolute atomic E-state index is 0.0597. The zero-order valence-electron chi connectivity index (χ0n) is 18.7. The molecule has 0 radical (unpaired) electrons. The first-order chi connectivity index (χ1) is 16.5. The molecule has 0 amide bonds. The third kappa shape index (κ3) is 4.17. The lowest BCUT2D eigenvalue weighted by molar-refractivity contribution is 0.340. The van der Waals surface area contributed by atoms with Crippen molar-refractivity contribution in [3.05, 3.63) is 97.8 Å². The van der Waals surface area contributed by atoms with Gasteiger partial charge in [-0.25, -0.2) is 4.79 Å². The molecular weight excluding hydrogens is 452 g/mol. The van der Waals surface area contributed by atoms with Gasteiger partial charge in [0.15, 0.2) is 0 Å². The second kappa shape index (κ2) is 9.11. The Bertz CT molecular complexity index is 1580. The van der Waals surface area contributed by atoms with Gasteiger partial charge in [0.05, 0.1) is 18.7 Å². The number of ether oxygens (including phenoxy) is 1. The number of nitrogens with zero attached hydrogens (tertiary/aromatic N) is 4. The highest BCUT2D eigenvalue weighted by atomic mass is 32.1. The molecule has 0 atom stereocenters. The third-order valence-corrected chi connectivity index (χ3v) is 6.35. The first-order valence-corrected chi connectivity index (χ1v) is 11.7. The van der Waals surface area contributed by atoms with E-state index in [0.717, 1.165) is 16.7 Å². The van der Waals surface area contributed by atoms with Gasteiger partial charge in [0.25, 0.3) is 5.56 Å². The smallest absolute Gasteiger partial charge is 0.332 e. The average molecular weight is 475 g/mol. The quantitative estimate of drug-likeness (QED) is 0.353. The topological polar surface area (TPSA) is 92.2 Å². The maximum atomic E-state index is 13.4. The lowest BCUT2D eigenvalue weighted by Crippen LogP contribution is -2.40. The Kier molecular flexibility index (Phi) is 5.85. The normalized spacial score (nSPS) is 11.2. The lowest BCUT2D eigenvalue weighted by Gasteiger charge is -2.11. The van der Waals surface area contributed by atoms with E-state index in [1.807, 2.05) is 62.4 Å². The van der Waals surface area contributed by atoms with Crippen molar-refractivity contribution in [1.82, 2.24) is 19.3 Å². The van der Waals surface area contributed by atoms with Crippen LogP contribution < -0.4 is 16.0 Å². The highest BCUT2D eigenvalue weighted by molar-refractivity contribution is 7.17. The van der Waals surface area contributed by atoms with E-state index in [1.165, 1.54) is 20.5 Å². The SMILES string of the molecule is CCOc1cccc(Cn2c(=O)c3sccc3n(Cc3nc(-c4ccc(C)cc4)no3)c2=O)c1. The van der Waals surface area contributed by atoms with Gasteiger partial charge >= 0.3 is 5.69 Å². The highest BCUT2D eigenvalue weighted by Crippen LogP contribution is 2.20. The fraction of sp³-hybridized carbons (Fsp3) is 0.200. The second-order valence-electron chi connectivity index (χ2n) is 7.85. The van der Waals surface area contributed by atoms with Crippen molar-refractivity contribution in [2.75, 3.05) is 6.61 Å². The number of hydrogen-bond donors (Lipinski definition) is 0. The Hall–Kier alpha value is -3.98. The van der Waals surface area contributed by atoms with Crippen LogP contribution in [0.4, 0.5) is 0 Å². The molecule has 0 fully saturated rings. The molecule has 0 bridgehead atoms. The predicted octanol–water partition coefficient (Wildman–Crippen LogP) is 4.08. The first-order valence-electron chi connectivity index (χ1n) is 10.9. The average Bonchev–Trinajstić information content (AvgIpc) is 3.51. The summed E-state index contributed by atoms with van der Waals surface area (Å²) in [5, 5.41) is 5.86. The molecule has 0 aliphatic rings. The molecule has 0 unspecified atom stereocenters. The van der Waals surface area contributed by atoms with Gasteiger partial charge in [-0.15, -0.1) is 11.3 Å². The van der Waals surface area contributed by atoms with E-state index >= 15 is 0 Å². The van der Waals surface area contributed by atoms with Crippen LogP contribution in [-0.4, -0.2) is 25.9 Å². The summed E-state index contributed by atoms with van der Waals surface area (Å²) in [7, 11) is 0. The fourth-order valence-corrected chi connectivity index (χ4v) is 4.63. The van der Waals surface area contributed by atoms with Gasteiger partial charge in [0, 0.05) is 5.56 Å². The molecule has 9 heteroatoms. The van der Waals surface area contributed by atoms with Crippen LogP contribution in [0.2, 0.25) is 0 Å². The van der Waals surface area contributed by atoms with E-state index in [1.54, 1.807) is 11.4 Å². The Morgan fingerprint density at radius 2 is 1.85 bits per heavy atom. The minimum atomic E-state index is -0.437. The number of fused-ring (bicyclic) bond motifs is 1. The van der Waals surface area contributed by atoms with Crippen LogP contribution in [-0.2, 0) is 13.1 Å². The summed E-state index contributed by atoms with van der Waals surface area (Å²) in [4.78, 5) is 31.0. The number of aryl methyl sites for hydroxylation is 1. The predicted molar refractivity (Wildman–Crippen MR) is 131 cm³/mol. The molecule has 172 valence electrons. The van der Waals surface area contributed by atoms with Gasteiger partial charge in [-0.3, -0.25) is 13.9 Å². The van der Waals surface area contributed by atoms with E-state index in [2.05, 4.69) is 10.1 Å².